The van der Waals surface area contributed by atoms with Crippen LogP contribution in [0.15, 0.2) is 0 Å². The Morgan fingerprint density at radius 1 is 0.850 bits per heavy atom. The molecular formula is C19H33N. The maximum absolute atomic E-state index is 6.38. The standard InChI is InChI=1S/C19H33N/c1-18-10-3-4-16(18)15-8-6-13-5-7-14(20)12-19(13,2)17(15)9-11-18/h13-17H,3-12,20H2,1-2H3/t13-,14?,15+,16+,17+,18+,19+/m1/s1. The number of nitrogens with two attached hydrogens (primary N) is 1. The van der Waals surface area contributed by atoms with Gasteiger partial charge in [-0.3, -0.25) is 0 Å². The summed E-state index contributed by atoms with van der Waals surface area (Å²) in [7, 11) is 0. The minimum Gasteiger partial charge on any atom is -0.328 e. The lowest BCUT2D eigenvalue weighted by molar-refractivity contribution is -0.106. The molecule has 1 nitrogen and oxygen atoms in total. The second-order valence-electron chi connectivity index (χ2n) is 9.28. The van der Waals surface area contributed by atoms with Crippen molar-refractivity contribution in [2.75, 3.05) is 0 Å². The Morgan fingerprint density at radius 3 is 2.50 bits per heavy atom. The molecule has 0 aromatic carbocycles. The van der Waals surface area contributed by atoms with E-state index >= 15 is 0 Å². The lowest BCUT2D eigenvalue weighted by Crippen LogP contribution is -2.54. The molecule has 2 N–H and O–H groups in total. The molecule has 1 unspecified atom stereocenters. The van der Waals surface area contributed by atoms with Gasteiger partial charge in [0.1, 0.15) is 0 Å². The van der Waals surface area contributed by atoms with Gasteiger partial charge in [0.05, 0.1) is 0 Å². The molecule has 0 spiro atoms. The molecule has 20 heavy (non-hydrogen) atoms. The van der Waals surface area contributed by atoms with E-state index in [1.54, 1.807) is 6.42 Å². The zero-order valence-electron chi connectivity index (χ0n) is 13.5. The number of hydrogen-bond acceptors (Lipinski definition) is 1. The van der Waals surface area contributed by atoms with E-state index in [1.807, 2.05) is 0 Å². The summed E-state index contributed by atoms with van der Waals surface area (Å²) >= 11 is 0. The summed E-state index contributed by atoms with van der Waals surface area (Å²) in [6.45, 7) is 5.24. The van der Waals surface area contributed by atoms with Gasteiger partial charge in [0.15, 0.2) is 0 Å². The van der Waals surface area contributed by atoms with Gasteiger partial charge in [-0.1, -0.05) is 20.3 Å². The topological polar surface area (TPSA) is 26.0 Å². The summed E-state index contributed by atoms with van der Waals surface area (Å²) in [5.41, 5.74) is 7.68. The first-order chi connectivity index (χ1) is 9.53. The van der Waals surface area contributed by atoms with Crippen molar-refractivity contribution in [2.45, 2.75) is 84.1 Å². The molecule has 1 heteroatoms. The summed E-state index contributed by atoms with van der Waals surface area (Å²) in [4.78, 5) is 0. The molecule has 0 aliphatic heterocycles. The Hall–Kier alpha value is -0.0400. The molecule has 0 amide bonds. The van der Waals surface area contributed by atoms with Crippen LogP contribution >= 0.6 is 0 Å². The largest absolute Gasteiger partial charge is 0.328 e. The van der Waals surface area contributed by atoms with E-state index in [1.165, 1.54) is 57.8 Å². The van der Waals surface area contributed by atoms with E-state index in [9.17, 15) is 0 Å². The van der Waals surface area contributed by atoms with Gasteiger partial charge in [0.2, 0.25) is 0 Å². The van der Waals surface area contributed by atoms with Crippen LogP contribution in [0.2, 0.25) is 0 Å². The van der Waals surface area contributed by atoms with E-state index in [0.29, 0.717) is 16.9 Å². The van der Waals surface area contributed by atoms with Crippen LogP contribution in [0.3, 0.4) is 0 Å². The number of hydrogen-bond donors (Lipinski definition) is 1. The predicted molar refractivity (Wildman–Crippen MR) is 84.3 cm³/mol. The average molecular weight is 275 g/mol. The molecule has 4 aliphatic rings. The van der Waals surface area contributed by atoms with Gasteiger partial charge in [0, 0.05) is 6.04 Å². The van der Waals surface area contributed by atoms with Crippen molar-refractivity contribution in [2.24, 2.45) is 40.2 Å². The van der Waals surface area contributed by atoms with Crippen molar-refractivity contribution in [1.82, 2.24) is 0 Å². The van der Waals surface area contributed by atoms with Gasteiger partial charge < -0.3 is 5.73 Å². The minimum atomic E-state index is 0.492. The first-order valence-corrected chi connectivity index (χ1v) is 9.28. The van der Waals surface area contributed by atoms with E-state index in [0.717, 1.165) is 23.7 Å². The molecule has 7 atom stereocenters. The fraction of sp³-hybridized carbons (Fsp3) is 1.00. The molecule has 0 saturated heterocycles. The SMILES string of the molecule is C[C@@]12CCC[C@H]1[C@@H]1CC[C@H]3CCC(N)C[C@]3(C)[C@H]1CC2. The Bertz CT molecular complexity index is 391. The molecule has 0 bridgehead atoms. The van der Waals surface area contributed by atoms with Crippen LogP contribution in [0.25, 0.3) is 0 Å². The first kappa shape index (κ1) is 13.6. The van der Waals surface area contributed by atoms with Gasteiger partial charge in [-0.15, -0.1) is 0 Å². The van der Waals surface area contributed by atoms with Crippen molar-refractivity contribution in [3.63, 3.8) is 0 Å². The van der Waals surface area contributed by atoms with Crippen LogP contribution in [-0.4, -0.2) is 6.04 Å². The third-order valence-electron chi connectivity index (χ3n) is 8.43. The summed E-state index contributed by atoms with van der Waals surface area (Å²) in [6.07, 6.45) is 14.7. The second kappa shape index (κ2) is 4.48. The highest BCUT2D eigenvalue weighted by atomic mass is 14.7. The Kier molecular flexibility index (Phi) is 3.05. The highest BCUT2D eigenvalue weighted by Crippen LogP contribution is 2.65. The minimum absolute atomic E-state index is 0.492. The molecule has 4 rings (SSSR count). The summed E-state index contributed by atoms with van der Waals surface area (Å²) < 4.78 is 0. The maximum atomic E-state index is 6.38. The van der Waals surface area contributed by atoms with E-state index in [2.05, 4.69) is 13.8 Å². The molecule has 0 heterocycles. The first-order valence-electron chi connectivity index (χ1n) is 9.28. The fourth-order valence-electron chi connectivity index (χ4n) is 7.40. The molecule has 0 radical (unpaired) electrons. The zero-order valence-corrected chi connectivity index (χ0v) is 13.5. The van der Waals surface area contributed by atoms with Crippen molar-refractivity contribution in [3.8, 4) is 0 Å². The highest BCUT2D eigenvalue weighted by Gasteiger charge is 2.57. The van der Waals surface area contributed by atoms with Crippen molar-refractivity contribution >= 4 is 0 Å². The monoisotopic (exact) mass is 275 g/mol. The van der Waals surface area contributed by atoms with E-state index < -0.39 is 0 Å². The molecule has 0 aromatic heterocycles. The molecule has 0 aromatic rings. The average Bonchev–Trinajstić information content (AvgIpc) is 2.79. The lowest BCUT2D eigenvalue weighted by atomic mass is 9.45. The van der Waals surface area contributed by atoms with Gasteiger partial charge in [-0.2, -0.15) is 0 Å². The van der Waals surface area contributed by atoms with Crippen LogP contribution in [0.4, 0.5) is 0 Å². The van der Waals surface area contributed by atoms with Crippen molar-refractivity contribution in [1.29, 1.82) is 0 Å². The maximum Gasteiger partial charge on any atom is 0.00443 e. The van der Waals surface area contributed by atoms with Crippen molar-refractivity contribution < 1.29 is 0 Å². The smallest absolute Gasteiger partial charge is 0.00443 e. The zero-order chi connectivity index (χ0) is 14.0. The molecule has 114 valence electrons. The predicted octanol–water partition coefficient (Wildman–Crippen LogP) is 4.75. The van der Waals surface area contributed by atoms with Gasteiger partial charge in [-0.05, 0) is 92.3 Å². The molecule has 4 fully saturated rings. The molecular weight excluding hydrogens is 242 g/mol. The van der Waals surface area contributed by atoms with Crippen LogP contribution in [0, 0.1) is 34.5 Å². The Labute approximate surface area is 125 Å². The fourth-order valence-corrected chi connectivity index (χ4v) is 7.40. The summed E-state index contributed by atoms with van der Waals surface area (Å²) in [5.74, 6) is 4.10. The lowest BCUT2D eigenvalue weighted by Gasteiger charge is -2.60. The third-order valence-corrected chi connectivity index (χ3v) is 8.43. The van der Waals surface area contributed by atoms with Crippen LogP contribution < -0.4 is 5.73 Å². The highest BCUT2D eigenvalue weighted by molar-refractivity contribution is 5.07. The van der Waals surface area contributed by atoms with Crippen LogP contribution in [0.5, 0.6) is 0 Å². The van der Waals surface area contributed by atoms with E-state index in [4.69, 9.17) is 5.73 Å². The van der Waals surface area contributed by atoms with Crippen LogP contribution in [-0.2, 0) is 0 Å². The van der Waals surface area contributed by atoms with Gasteiger partial charge >= 0.3 is 0 Å². The molecule has 4 saturated carbocycles. The quantitative estimate of drug-likeness (QED) is 0.678. The molecule has 4 aliphatic carbocycles. The Balaban J connectivity index is 1.64. The third kappa shape index (κ3) is 1.77. The van der Waals surface area contributed by atoms with Crippen LogP contribution in [0.1, 0.15) is 78.1 Å². The summed E-state index contributed by atoms with van der Waals surface area (Å²) in [5, 5.41) is 0. The Morgan fingerprint density at radius 2 is 1.65 bits per heavy atom. The van der Waals surface area contributed by atoms with Crippen molar-refractivity contribution in [3.05, 3.63) is 0 Å². The number of rotatable bonds is 0. The van der Waals surface area contributed by atoms with E-state index in [-0.39, 0.29) is 0 Å². The van der Waals surface area contributed by atoms with Gasteiger partial charge in [-0.25, -0.2) is 0 Å². The second-order valence-corrected chi connectivity index (χ2v) is 9.28. The van der Waals surface area contributed by atoms with Gasteiger partial charge in [0.25, 0.3) is 0 Å². The summed E-state index contributed by atoms with van der Waals surface area (Å²) in [6, 6.07) is 0.492. The number of fused-ring (bicyclic) bond motifs is 5. The normalized spacial score (nSPS) is 58.6.